The molecule has 0 aliphatic rings. The third-order valence-corrected chi connectivity index (χ3v) is 4.21. The van der Waals surface area contributed by atoms with Crippen molar-refractivity contribution in [3.63, 3.8) is 0 Å². The second-order valence-corrected chi connectivity index (χ2v) is 7.14. The van der Waals surface area contributed by atoms with Crippen LogP contribution >= 0.6 is 7.68 Å². The van der Waals surface area contributed by atoms with Crippen molar-refractivity contribution in [2.45, 2.75) is 65.6 Å². The fraction of sp³-hybridized carbons (Fsp3) is 1.00. The molecule has 0 aromatic heterocycles. The number of hydrogen-bond donors (Lipinski definition) is 0. The quantitative estimate of drug-likeness (QED) is 0.596. The van der Waals surface area contributed by atoms with E-state index in [9.17, 15) is 8.76 Å². The van der Waals surface area contributed by atoms with E-state index in [1.807, 2.05) is 0 Å². The molecule has 0 amide bonds. The van der Waals surface area contributed by atoms with Gasteiger partial charge in [-0.1, -0.05) is 40.5 Å². The second kappa shape index (κ2) is 6.65. The Labute approximate surface area is 93.2 Å². The zero-order valence-electron chi connectivity index (χ0n) is 10.5. The summed E-state index contributed by atoms with van der Waals surface area (Å²) in [6, 6.07) is 0. The van der Waals surface area contributed by atoms with Crippen LogP contribution in [0.15, 0.2) is 0 Å². The van der Waals surface area contributed by atoms with E-state index in [1.54, 1.807) is 20.8 Å². The molecule has 2 nitrogen and oxygen atoms in total. The van der Waals surface area contributed by atoms with E-state index in [2.05, 4.69) is 13.8 Å². The molecule has 15 heavy (non-hydrogen) atoms. The lowest BCUT2D eigenvalue weighted by molar-refractivity contribution is 0.188. The van der Waals surface area contributed by atoms with E-state index in [0.29, 0.717) is 5.92 Å². The Morgan fingerprint density at radius 3 is 2.07 bits per heavy atom. The normalized spacial score (nSPS) is 18.1. The van der Waals surface area contributed by atoms with Gasteiger partial charge in [0.15, 0.2) is 0 Å². The van der Waals surface area contributed by atoms with Crippen molar-refractivity contribution >= 4 is 7.68 Å². The summed E-state index contributed by atoms with van der Waals surface area (Å²) in [5, 5.41) is 0. The molecule has 0 saturated carbocycles. The standard InChI is InChI=1S/C11H24FO2P/c1-9(2)7-6-8-11(5)14-15(12,13)10(3)4/h9-11H,6-8H2,1-5H3. The summed E-state index contributed by atoms with van der Waals surface area (Å²) in [6.07, 6.45) is 2.63. The van der Waals surface area contributed by atoms with Gasteiger partial charge in [-0.25, -0.2) is 0 Å². The first kappa shape index (κ1) is 15.1. The summed E-state index contributed by atoms with van der Waals surface area (Å²) < 4.78 is 29.7. The summed E-state index contributed by atoms with van der Waals surface area (Å²) in [4.78, 5) is 0. The largest absolute Gasteiger partial charge is 0.370 e. The van der Waals surface area contributed by atoms with Gasteiger partial charge in [0.2, 0.25) is 0 Å². The maximum absolute atomic E-state index is 13.4. The van der Waals surface area contributed by atoms with Crippen LogP contribution in [-0.2, 0) is 9.09 Å². The van der Waals surface area contributed by atoms with Gasteiger partial charge in [0.1, 0.15) is 0 Å². The monoisotopic (exact) mass is 238 g/mol. The van der Waals surface area contributed by atoms with Crippen LogP contribution in [0.2, 0.25) is 0 Å². The summed E-state index contributed by atoms with van der Waals surface area (Å²) >= 11 is 0. The van der Waals surface area contributed by atoms with Gasteiger partial charge in [0.25, 0.3) is 0 Å². The molecule has 0 heterocycles. The molecule has 0 spiro atoms. The van der Waals surface area contributed by atoms with Gasteiger partial charge in [-0.2, -0.15) is 4.20 Å². The molecule has 0 aromatic carbocycles. The molecule has 4 heteroatoms. The van der Waals surface area contributed by atoms with Crippen LogP contribution in [0.25, 0.3) is 0 Å². The lowest BCUT2D eigenvalue weighted by Gasteiger charge is -2.18. The van der Waals surface area contributed by atoms with E-state index >= 15 is 0 Å². The van der Waals surface area contributed by atoms with Gasteiger partial charge < -0.3 is 4.52 Å². The van der Waals surface area contributed by atoms with E-state index in [4.69, 9.17) is 4.52 Å². The molecule has 0 radical (unpaired) electrons. The highest BCUT2D eigenvalue weighted by Gasteiger charge is 2.29. The van der Waals surface area contributed by atoms with Crippen LogP contribution in [0, 0.1) is 5.92 Å². The van der Waals surface area contributed by atoms with Crippen molar-refractivity contribution in [2.75, 3.05) is 0 Å². The summed E-state index contributed by atoms with van der Waals surface area (Å²) in [5.41, 5.74) is -0.537. The van der Waals surface area contributed by atoms with Crippen LogP contribution in [0.5, 0.6) is 0 Å². The average molecular weight is 238 g/mol. The van der Waals surface area contributed by atoms with Crippen molar-refractivity contribution in [1.29, 1.82) is 0 Å². The van der Waals surface area contributed by atoms with Gasteiger partial charge >= 0.3 is 7.68 Å². The Morgan fingerprint density at radius 2 is 1.67 bits per heavy atom. The predicted octanol–water partition coefficient (Wildman–Crippen LogP) is 4.79. The number of rotatable bonds is 7. The Morgan fingerprint density at radius 1 is 1.13 bits per heavy atom. The lowest BCUT2D eigenvalue weighted by Crippen LogP contribution is -2.09. The highest BCUT2D eigenvalue weighted by molar-refractivity contribution is 7.54. The molecule has 0 aliphatic heterocycles. The second-order valence-electron chi connectivity index (χ2n) is 4.86. The summed E-state index contributed by atoms with van der Waals surface area (Å²) in [7, 11) is -3.88. The average Bonchev–Trinajstić information content (AvgIpc) is 2.01. The van der Waals surface area contributed by atoms with Gasteiger partial charge in [-0.15, -0.1) is 0 Å². The Hall–Kier alpha value is 0.120. The van der Waals surface area contributed by atoms with E-state index < -0.39 is 13.3 Å². The Kier molecular flexibility index (Phi) is 6.70. The van der Waals surface area contributed by atoms with Crippen LogP contribution < -0.4 is 0 Å². The zero-order chi connectivity index (χ0) is 12.1. The van der Waals surface area contributed by atoms with Gasteiger partial charge in [0, 0.05) is 0 Å². The minimum Gasteiger partial charge on any atom is -0.302 e. The van der Waals surface area contributed by atoms with Crippen LogP contribution in [0.3, 0.4) is 0 Å². The minimum atomic E-state index is -3.88. The van der Waals surface area contributed by atoms with E-state index in [1.165, 1.54) is 0 Å². The summed E-state index contributed by atoms with van der Waals surface area (Å²) in [6.45, 7) is 9.26. The number of halogens is 1. The molecule has 0 rings (SSSR count). The third kappa shape index (κ3) is 7.08. The molecule has 0 bridgehead atoms. The fourth-order valence-electron chi connectivity index (χ4n) is 1.23. The molecular formula is C11H24FO2P. The van der Waals surface area contributed by atoms with Crippen LogP contribution in [0.4, 0.5) is 4.20 Å². The molecule has 0 aliphatic carbocycles. The molecule has 2 unspecified atom stereocenters. The highest BCUT2D eigenvalue weighted by atomic mass is 31.2. The topological polar surface area (TPSA) is 26.3 Å². The molecule has 92 valence electrons. The first-order valence-electron chi connectivity index (χ1n) is 5.73. The van der Waals surface area contributed by atoms with Gasteiger partial charge in [-0.3, -0.25) is 4.57 Å². The van der Waals surface area contributed by atoms with Crippen LogP contribution in [0.1, 0.15) is 53.9 Å². The Bertz CT molecular complexity index is 217. The molecule has 0 fully saturated rings. The fourth-order valence-corrected chi connectivity index (χ4v) is 2.07. The van der Waals surface area contributed by atoms with Crippen molar-refractivity contribution in [3.05, 3.63) is 0 Å². The molecule has 0 N–H and O–H groups in total. The van der Waals surface area contributed by atoms with Gasteiger partial charge in [0.05, 0.1) is 11.8 Å². The maximum atomic E-state index is 13.4. The molecule has 0 saturated heterocycles. The predicted molar refractivity (Wildman–Crippen MR) is 63.1 cm³/mol. The van der Waals surface area contributed by atoms with E-state index in [-0.39, 0.29) is 6.10 Å². The number of hydrogen-bond acceptors (Lipinski definition) is 2. The van der Waals surface area contributed by atoms with E-state index in [0.717, 1.165) is 19.3 Å². The van der Waals surface area contributed by atoms with Crippen molar-refractivity contribution < 1.29 is 13.3 Å². The Balaban J connectivity index is 3.83. The van der Waals surface area contributed by atoms with Crippen molar-refractivity contribution in [1.82, 2.24) is 0 Å². The first-order chi connectivity index (χ1) is 6.75. The lowest BCUT2D eigenvalue weighted by atomic mass is 10.1. The molecule has 0 aromatic rings. The highest BCUT2D eigenvalue weighted by Crippen LogP contribution is 2.54. The van der Waals surface area contributed by atoms with Crippen molar-refractivity contribution in [2.24, 2.45) is 5.92 Å². The van der Waals surface area contributed by atoms with Crippen molar-refractivity contribution in [3.8, 4) is 0 Å². The molecule has 2 atom stereocenters. The third-order valence-electron chi connectivity index (χ3n) is 2.33. The first-order valence-corrected chi connectivity index (χ1v) is 7.32. The smallest absolute Gasteiger partial charge is 0.302 e. The zero-order valence-corrected chi connectivity index (χ0v) is 11.4. The minimum absolute atomic E-state index is 0.248. The maximum Gasteiger partial charge on any atom is 0.370 e. The van der Waals surface area contributed by atoms with Crippen LogP contribution in [-0.4, -0.2) is 11.8 Å². The molecular weight excluding hydrogens is 214 g/mol. The summed E-state index contributed by atoms with van der Waals surface area (Å²) in [5.74, 6) is 0.652. The van der Waals surface area contributed by atoms with Gasteiger partial charge in [-0.05, 0) is 19.3 Å². The SMILES string of the molecule is CC(C)CCCC(C)OP(=O)(F)C(C)C.